The maximum absolute atomic E-state index is 14.1. The summed E-state index contributed by atoms with van der Waals surface area (Å²) in [7, 11) is -0.525. The van der Waals surface area contributed by atoms with Crippen LogP contribution < -0.4 is 10.6 Å². The first kappa shape index (κ1) is 26.4. The van der Waals surface area contributed by atoms with Gasteiger partial charge in [-0.05, 0) is 61.3 Å². The van der Waals surface area contributed by atoms with Crippen molar-refractivity contribution < 1.29 is 18.9 Å². The Balaban J connectivity index is 1.24. The van der Waals surface area contributed by atoms with Gasteiger partial charge in [-0.25, -0.2) is 4.98 Å². The predicted octanol–water partition coefficient (Wildman–Crippen LogP) is 3.93. The number of hydrogen-bond donors (Lipinski definition) is 2. The first-order valence-corrected chi connectivity index (χ1v) is 14.3. The van der Waals surface area contributed by atoms with E-state index in [-0.39, 0.29) is 40.6 Å². The topological polar surface area (TPSA) is 102 Å². The zero-order valence-corrected chi connectivity index (χ0v) is 23.5. The van der Waals surface area contributed by atoms with Crippen LogP contribution >= 0.6 is 0 Å². The number of nitrogens with one attached hydrogen (secondary N) is 2. The Kier molecular flexibility index (Phi) is 6.38. The lowest BCUT2D eigenvalue weighted by atomic mass is 9.43. The van der Waals surface area contributed by atoms with E-state index in [1.54, 1.807) is 0 Å². The fourth-order valence-electron chi connectivity index (χ4n) is 7.59. The fraction of sp³-hybridized carbons (Fsp3) is 0.600. The Bertz CT molecular complexity index is 1240. The van der Waals surface area contributed by atoms with Crippen molar-refractivity contribution in [3.63, 3.8) is 0 Å². The van der Waals surface area contributed by atoms with Crippen molar-refractivity contribution in [2.45, 2.75) is 89.4 Å². The molecule has 1 aliphatic heterocycles. The molecule has 0 radical (unpaired) electrons. The Morgan fingerprint density at radius 3 is 2.56 bits per heavy atom. The highest BCUT2D eigenvalue weighted by Gasteiger charge is 2.69. The number of rotatable bonds is 8. The smallest absolute Gasteiger partial charge is 0.404 e. The zero-order valence-electron chi connectivity index (χ0n) is 23.5. The van der Waals surface area contributed by atoms with E-state index in [2.05, 4.69) is 55.2 Å². The normalized spacial score (nSPS) is 34.6. The van der Waals surface area contributed by atoms with E-state index >= 15 is 0 Å². The molecule has 0 unspecified atom stereocenters. The van der Waals surface area contributed by atoms with E-state index in [1.165, 1.54) is 25.0 Å². The molecule has 1 saturated heterocycles. The highest BCUT2D eigenvalue weighted by molar-refractivity contribution is 6.48. The van der Waals surface area contributed by atoms with Crippen molar-refractivity contribution in [1.82, 2.24) is 20.6 Å². The molecule has 1 aromatic heterocycles. The van der Waals surface area contributed by atoms with Gasteiger partial charge in [0.2, 0.25) is 5.91 Å². The Morgan fingerprint density at radius 1 is 1.13 bits per heavy atom. The molecule has 206 valence electrons. The molecule has 8 nitrogen and oxygen atoms in total. The van der Waals surface area contributed by atoms with Crippen molar-refractivity contribution in [2.24, 2.45) is 23.2 Å². The number of nitrogens with zero attached hydrogens (tertiary/aromatic N) is 2. The Morgan fingerprint density at radius 2 is 1.90 bits per heavy atom. The lowest BCUT2D eigenvalue weighted by Crippen LogP contribution is -2.65. The van der Waals surface area contributed by atoms with Crippen molar-refractivity contribution in [2.75, 3.05) is 0 Å². The summed E-state index contributed by atoms with van der Waals surface area (Å²) < 4.78 is 13.3. The van der Waals surface area contributed by atoms with E-state index in [1.807, 2.05) is 30.3 Å². The molecular weight excluding hydrogens is 491 g/mol. The van der Waals surface area contributed by atoms with Gasteiger partial charge >= 0.3 is 7.12 Å². The van der Waals surface area contributed by atoms with Crippen molar-refractivity contribution in [3.05, 3.63) is 60.2 Å². The van der Waals surface area contributed by atoms with E-state index in [0.29, 0.717) is 30.6 Å². The maximum Gasteiger partial charge on any atom is 0.481 e. The summed E-state index contributed by atoms with van der Waals surface area (Å²) in [4.78, 5) is 35.4. The highest BCUT2D eigenvalue weighted by atomic mass is 16.7. The largest absolute Gasteiger partial charge is 0.481 e. The summed E-state index contributed by atoms with van der Waals surface area (Å²) in [5, 5.41) is 6.31. The molecule has 4 saturated carbocycles. The molecule has 9 heteroatoms. The monoisotopic (exact) mass is 530 g/mol. The maximum atomic E-state index is 14.1. The van der Waals surface area contributed by atoms with Gasteiger partial charge in [0.15, 0.2) is 0 Å². The van der Waals surface area contributed by atoms with Crippen LogP contribution in [0.3, 0.4) is 0 Å². The van der Waals surface area contributed by atoms with Crippen LogP contribution in [0.25, 0.3) is 0 Å². The summed E-state index contributed by atoms with van der Waals surface area (Å²) in [6, 6.07) is 9.87. The second-order valence-electron chi connectivity index (χ2n) is 13.2. The van der Waals surface area contributed by atoms with Gasteiger partial charge in [-0.1, -0.05) is 58.0 Å². The van der Waals surface area contributed by atoms with Crippen LogP contribution in [0.5, 0.6) is 0 Å². The first-order chi connectivity index (χ1) is 18.5. The Hall–Kier alpha value is -2.78. The lowest BCUT2D eigenvalue weighted by molar-refractivity contribution is -0.199. The molecule has 7 atom stereocenters. The van der Waals surface area contributed by atoms with E-state index < -0.39 is 18.6 Å². The number of aromatic nitrogens is 2. The van der Waals surface area contributed by atoms with Crippen LogP contribution in [0.15, 0.2) is 48.9 Å². The van der Waals surface area contributed by atoms with Crippen LogP contribution in [0.4, 0.5) is 0 Å². The molecular formula is C30H39BN4O4. The zero-order chi connectivity index (χ0) is 27.6. The SMILES string of the molecule is CC(C)C[C@H](NC(=O)[C@]1(NC(=O)c2cnccn2)C[C@H]1c1ccccc1)B1O[C@@H]2C[C@@H]3C[C@@H](C3(C)C)[C@]2(C)O1. The third-order valence-electron chi connectivity index (χ3n) is 10.0. The molecule has 2 aromatic rings. The number of carbonyl (C=O) groups excluding carboxylic acids is 2. The van der Waals surface area contributed by atoms with Crippen molar-refractivity contribution in [3.8, 4) is 0 Å². The van der Waals surface area contributed by atoms with Gasteiger partial charge in [0, 0.05) is 18.3 Å². The van der Waals surface area contributed by atoms with Gasteiger partial charge in [0.05, 0.1) is 23.8 Å². The van der Waals surface area contributed by atoms with Crippen LogP contribution in [0, 0.1) is 23.2 Å². The Labute approximate surface area is 231 Å². The van der Waals surface area contributed by atoms with Crippen LogP contribution in [-0.4, -0.2) is 52.1 Å². The second kappa shape index (κ2) is 9.41. The van der Waals surface area contributed by atoms with Gasteiger partial charge in [0.1, 0.15) is 11.2 Å². The van der Waals surface area contributed by atoms with Gasteiger partial charge in [-0.15, -0.1) is 0 Å². The molecule has 2 N–H and O–H groups in total. The van der Waals surface area contributed by atoms with Crippen LogP contribution in [0.2, 0.25) is 0 Å². The molecule has 7 rings (SSSR count). The minimum Gasteiger partial charge on any atom is -0.404 e. The van der Waals surface area contributed by atoms with Crippen molar-refractivity contribution in [1.29, 1.82) is 0 Å². The predicted molar refractivity (Wildman–Crippen MR) is 148 cm³/mol. The van der Waals surface area contributed by atoms with Gasteiger partial charge in [-0.3, -0.25) is 14.6 Å². The summed E-state index contributed by atoms with van der Waals surface area (Å²) in [6.07, 6.45) is 7.83. The molecule has 0 spiro atoms. The summed E-state index contributed by atoms with van der Waals surface area (Å²) in [5.41, 5.74) is 0.00705. The average Bonchev–Trinajstić information content (AvgIpc) is 3.53. The van der Waals surface area contributed by atoms with Gasteiger partial charge in [-0.2, -0.15) is 0 Å². The van der Waals surface area contributed by atoms with E-state index in [9.17, 15) is 9.59 Å². The van der Waals surface area contributed by atoms with Crippen molar-refractivity contribution >= 4 is 18.9 Å². The molecule has 5 fully saturated rings. The number of benzene rings is 1. The average molecular weight is 530 g/mol. The standard InChI is InChI=1S/C30H39BN4O4/c1-18(2)13-25(31-38-24-15-20-14-23(28(20,3)4)29(24,5)39-31)34-27(37)30(16-21(30)19-9-7-6-8-10-19)35-26(36)22-17-32-11-12-33-22/h6-12,17-18,20-21,23-25H,13-16H2,1-5H3,(H,34,37)(H,35,36)/t20-,21-,23-,24+,25-,29-,30-/m0/s1. The number of hydrogen-bond acceptors (Lipinski definition) is 6. The minimum atomic E-state index is -1.08. The van der Waals surface area contributed by atoms with E-state index in [4.69, 9.17) is 9.31 Å². The molecule has 4 aliphatic carbocycles. The highest BCUT2D eigenvalue weighted by Crippen LogP contribution is 2.65. The molecule has 2 heterocycles. The third kappa shape index (κ3) is 4.38. The molecule has 2 amide bonds. The minimum absolute atomic E-state index is 0.0362. The fourth-order valence-corrected chi connectivity index (χ4v) is 7.59. The second-order valence-corrected chi connectivity index (χ2v) is 13.2. The first-order valence-electron chi connectivity index (χ1n) is 14.3. The summed E-state index contributed by atoms with van der Waals surface area (Å²) in [6.45, 7) is 11.2. The summed E-state index contributed by atoms with van der Waals surface area (Å²) >= 11 is 0. The number of carbonyl (C=O) groups is 2. The molecule has 5 aliphatic rings. The molecule has 2 bridgehead atoms. The van der Waals surface area contributed by atoms with Crippen LogP contribution in [0.1, 0.15) is 82.3 Å². The van der Waals surface area contributed by atoms with Crippen LogP contribution in [-0.2, 0) is 14.1 Å². The lowest BCUT2D eigenvalue weighted by Gasteiger charge is -2.64. The quantitative estimate of drug-likeness (QED) is 0.502. The molecule has 39 heavy (non-hydrogen) atoms. The van der Waals surface area contributed by atoms with E-state index in [0.717, 1.165) is 12.0 Å². The summed E-state index contributed by atoms with van der Waals surface area (Å²) in [5.74, 6) is 0.316. The van der Waals surface area contributed by atoms with Gasteiger partial charge in [0.25, 0.3) is 5.91 Å². The van der Waals surface area contributed by atoms with Gasteiger partial charge < -0.3 is 19.9 Å². The number of amides is 2. The third-order valence-corrected chi connectivity index (χ3v) is 10.0. The molecule has 1 aromatic carbocycles.